The summed E-state index contributed by atoms with van der Waals surface area (Å²) in [7, 11) is 0. The molecule has 2 N–H and O–H groups in total. The number of hydrogen-bond acceptors (Lipinski definition) is 2. The molecule has 0 radical (unpaired) electrons. The van der Waals surface area contributed by atoms with Crippen LogP contribution in [0.1, 0.15) is 56.6 Å². The maximum Gasteiger partial charge on any atom is 0.228 e. The Labute approximate surface area is 144 Å². The lowest BCUT2D eigenvalue weighted by molar-refractivity contribution is -0.126. The Morgan fingerprint density at radius 3 is 2.50 bits per heavy atom. The molecular formula is C20H28N2O2. The number of amides is 2. The smallest absolute Gasteiger partial charge is 0.228 e. The second-order valence-corrected chi connectivity index (χ2v) is 7.24. The van der Waals surface area contributed by atoms with Crippen LogP contribution in [0.15, 0.2) is 18.2 Å². The number of carbonyl (C=O) groups is 2. The van der Waals surface area contributed by atoms with Crippen LogP contribution in [0.3, 0.4) is 0 Å². The van der Waals surface area contributed by atoms with E-state index in [1.807, 2.05) is 25.1 Å². The highest BCUT2D eigenvalue weighted by Crippen LogP contribution is 2.40. The van der Waals surface area contributed by atoms with Gasteiger partial charge < -0.3 is 10.6 Å². The molecule has 1 aromatic rings. The summed E-state index contributed by atoms with van der Waals surface area (Å²) in [4.78, 5) is 24.9. The zero-order valence-corrected chi connectivity index (χ0v) is 14.7. The van der Waals surface area contributed by atoms with E-state index in [9.17, 15) is 9.59 Å². The van der Waals surface area contributed by atoms with Gasteiger partial charge in [0.15, 0.2) is 0 Å². The molecule has 2 fully saturated rings. The fourth-order valence-electron chi connectivity index (χ4n) is 3.75. The summed E-state index contributed by atoms with van der Waals surface area (Å²) < 4.78 is 0. The molecule has 0 aliphatic heterocycles. The number of rotatable bonds is 5. The van der Waals surface area contributed by atoms with Gasteiger partial charge >= 0.3 is 0 Å². The van der Waals surface area contributed by atoms with Crippen molar-refractivity contribution < 1.29 is 9.59 Å². The summed E-state index contributed by atoms with van der Waals surface area (Å²) in [5, 5.41) is 6.21. The highest BCUT2D eigenvalue weighted by Gasteiger charge is 2.48. The summed E-state index contributed by atoms with van der Waals surface area (Å²) in [6.45, 7) is 4.09. The SMILES string of the molecule is CCc1cccc(C)c1NC(=O)C1CC1C(=O)NC1CCCCC1. The van der Waals surface area contributed by atoms with Gasteiger partial charge in [-0.2, -0.15) is 0 Å². The van der Waals surface area contributed by atoms with Crippen molar-refractivity contribution in [3.8, 4) is 0 Å². The van der Waals surface area contributed by atoms with Gasteiger partial charge in [0.2, 0.25) is 11.8 Å². The summed E-state index contributed by atoms with van der Waals surface area (Å²) in [5.41, 5.74) is 3.14. The predicted octanol–water partition coefficient (Wildman–Crippen LogP) is 3.58. The van der Waals surface area contributed by atoms with Crippen molar-refractivity contribution in [3.63, 3.8) is 0 Å². The molecule has 1 aromatic carbocycles. The maximum atomic E-state index is 12.5. The topological polar surface area (TPSA) is 58.2 Å². The van der Waals surface area contributed by atoms with Crippen molar-refractivity contribution >= 4 is 17.5 Å². The van der Waals surface area contributed by atoms with Crippen LogP contribution < -0.4 is 10.6 Å². The molecule has 2 saturated carbocycles. The minimum absolute atomic E-state index is 0.0113. The molecule has 0 saturated heterocycles. The van der Waals surface area contributed by atoms with Gasteiger partial charge in [-0.1, -0.05) is 44.4 Å². The van der Waals surface area contributed by atoms with E-state index in [1.54, 1.807) is 0 Å². The first-order valence-corrected chi connectivity index (χ1v) is 9.30. The predicted molar refractivity (Wildman–Crippen MR) is 95.8 cm³/mol. The van der Waals surface area contributed by atoms with Gasteiger partial charge in [0.25, 0.3) is 0 Å². The van der Waals surface area contributed by atoms with E-state index < -0.39 is 0 Å². The summed E-state index contributed by atoms with van der Waals surface area (Å²) in [6.07, 6.45) is 7.40. The fourth-order valence-corrected chi connectivity index (χ4v) is 3.75. The Morgan fingerprint density at radius 2 is 1.79 bits per heavy atom. The largest absolute Gasteiger partial charge is 0.353 e. The van der Waals surface area contributed by atoms with Crippen LogP contribution in [0.5, 0.6) is 0 Å². The van der Waals surface area contributed by atoms with E-state index in [-0.39, 0.29) is 23.7 Å². The molecule has 0 aromatic heterocycles. The van der Waals surface area contributed by atoms with Crippen molar-refractivity contribution in [1.82, 2.24) is 5.32 Å². The third-order valence-electron chi connectivity index (χ3n) is 5.40. The first-order valence-electron chi connectivity index (χ1n) is 9.30. The quantitative estimate of drug-likeness (QED) is 0.868. The molecule has 0 bridgehead atoms. The lowest BCUT2D eigenvalue weighted by atomic mass is 9.95. The van der Waals surface area contributed by atoms with Gasteiger partial charge in [-0.05, 0) is 43.7 Å². The number of aryl methyl sites for hydroxylation is 2. The number of benzene rings is 1. The number of nitrogens with one attached hydrogen (secondary N) is 2. The standard InChI is InChI=1S/C20H28N2O2/c1-3-14-9-7-8-13(2)18(14)22-20(24)17-12-16(17)19(23)21-15-10-5-4-6-11-15/h7-9,15-17H,3-6,10-12H2,1-2H3,(H,21,23)(H,22,24). The monoisotopic (exact) mass is 328 g/mol. The molecule has 4 heteroatoms. The van der Waals surface area contributed by atoms with Gasteiger partial charge in [-0.3, -0.25) is 9.59 Å². The second-order valence-electron chi connectivity index (χ2n) is 7.24. The Morgan fingerprint density at radius 1 is 1.08 bits per heavy atom. The van der Waals surface area contributed by atoms with Gasteiger partial charge in [0.05, 0.1) is 11.8 Å². The van der Waals surface area contributed by atoms with E-state index >= 15 is 0 Å². The van der Waals surface area contributed by atoms with Gasteiger partial charge in [0.1, 0.15) is 0 Å². The highest BCUT2D eigenvalue weighted by molar-refractivity contribution is 6.00. The zero-order chi connectivity index (χ0) is 17.1. The molecule has 2 unspecified atom stereocenters. The van der Waals surface area contributed by atoms with Crippen LogP contribution in [-0.4, -0.2) is 17.9 Å². The van der Waals surface area contributed by atoms with E-state index in [2.05, 4.69) is 17.6 Å². The number of carbonyl (C=O) groups excluding carboxylic acids is 2. The lowest BCUT2D eigenvalue weighted by Crippen LogP contribution is -2.37. The van der Waals surface area contributed by atoms with Crippen LogP contribution in [0.25, 0.3) is 0 Å². The minimum Gasteiger partial charge on any atom is -0.353 e. The number of hydrogen-bond donors (Lipinski definition) is 2. The minimum atomic E-state index is -0.169. The zero-order valence-electron chi connectivity index (χ0n) is 14.7. The van der Waals surface area contributed by atoms with Crippen molar-refractivity contribution in [1.29, 1.82) is 0 Å². The Hall–Kier alpha value is -1.84. The highest BCUT2D eigenvalue weighted by atomic mass is 16.2. The third-order valence-corrected chi connectivity index (χ3v) is 5.40. The fraction of sp³-hybridized carbons (Fsp3) is 0.600. The Bertz CT molecular complexity index is 620. The molecular weight excluding hydrogens is 300 g/mol. The summed E-state index contributed by atoms with van der Waals surface area (Å²) in [6, 6.07) is 6.39. The van der Waals surface area contributed by atoms with E-state index in [1.165, 1.54) is 19.3 Å². The average molecular weight is 328 g/mol. The molecule has 130 valence electrons. The molecule has 2 atom stereocenters. The summed E-state index contributed by atoms with van der Waals surface area (Å²) >= 11 is 0. The number of anilines is 1. The third kappa shape index (κ3) is 3.80. The van der Waals surface area contributed by atoms with E-state index in [0.29, 0.717) is 12.5 Å². The second kappa shape index (κ2) is 7.37. The lowest BCUT2D eigenvalue weighted by Gasteiger charge is -2.22. The van der Waals surface area contributed by atoms with Crippen molar-refractivity contribution in [2.45, 2.75) is 64.8 Å². The van der Waals surface area contributed by atoms with Gasteiger partial charge in [0, 0.05) is 11.7 Å². The van der Waals surface area contributed by atoms with Crippen LogP contribution in [-0.2, 0) is 16.0 Å². The Balaban J connectivity index is 1.55. The summed E-state index contributed by atoms with van der Waals surface area (Å²) in [5.74, 6) is -0.246. The van der Waals surface area contributed by atoms with Crippen molar-refractivity contribution in [3.05, 3.63) is 29.3 Å². The van der Waals surface area contributed by atoms with Gasteiger partial charge in [-0.25, -0.2) is 0 Å². The van der Waals surface area contributed by atoms with Crippen LogP contribution >= 0.6 is 0 Å². The average Bonchev–Trinajstić information content (AvgIpc) is 3.38. The maximum absolute atomic E-state index is 12.5. The molecule has 3 rings (SSSR count). The van der Waals surface area contributed by atoms with Crippen molar-refractivity contribution in [2.24, 2.45) is 11.8 Å². The van der Waals surface area contributed by atoms with E-state index in [0.717, 1.165) is 36.1 Å². The van der Waals surface area contributed by atoms with Crippen LogP contribution in [0.4, 0.5) is 5.69 Å². The van der Waals surface area contributed by atoms with Gasteiger partial charge in [-0.15, -0.1) is 0 Å². The molecule has 0 spiro atoms. The first kappa shape index (κ1) is 17.0. The molecule has 24 heavy (non-hydrogen) atoms. The molecule has 0 heterocycles. The molecule has 2 aliphatic rings. The number of para-hydroxylation sites is 1. The first-order chi connectivity index (χ1) is 11.6. The van der Waals surface area contributed by atoms with Crippen molar-refractivity contribution in [2.75, 3.05) is 5.32 Å². The molecule has 2 amide bonds. The van der Waals surface area contributed by atoms with E-state index in [4.69, 9.17) is 0 Å². The van der Waals surface area contributed by atoms with Crippen LogP contribution in [0, 0.1) is 18.8 Å². The van der Waals surface area contributed by atoms with Crippen LogP contribution in [0.2, 0.25) is 0 Å². The Kier molecular flexibility index (Phi) is 5.22. The molecule has 2 aliphatic carbocycles. The molecule has 4 nitrogen and oxygen atoms in total. The normalized spacial score (nSPS) is 23.6.